The van der Waals surface area contributed by atoms with Gasteiger partial charge in [-0.15, -0.1) is 0 Å². The zero-order valence-electron chi connectivity index (χ0n) is 34.0. The smallest absolute Gasteiger partial charge is 0.311 e. The van der Waals surface area contributed by atoms with Crippen LogP contribution in [0.5, 0.6) is 0 Å². The lowest BCUT2D eigenvalue weighted by molar-refractivity contribution is -0.315. The Balaban J connectivity index is 1.84. The topological polar surface area (TPSA) is 202 Å². The molecule has 0 radical (unpaired) electrons. The van der Waals surface area contributed by atoms with E-state index in [9.17, 15) is 30.4 Å². The van der Waals surface area contributed by atoms with E-state index >= 15 is 0 Å². The number of rotatable bonds is 7. The van der Waals surface area contributed by atoms with Crippen LogP contribution in [-0.4, -0.2) is 154 Å². The van der Waals surface area contributed by atoms with Gasteiger partial charge in [0.05, 0.1) is 54.4 Å². The Kier molecular flexibility index (Phi) is 13.8. The fraction of sp³-hybridized carbons (Fsp3) is 0.947. The quantitative estimate of drug-likeness (QED) is 0.110. The molecular weight excluding hydrogens is 692 g/mol. The van der Waals surface area contributed by atoms with Crippen molar-refractivity contribution in [3.63, 3.8) is 0 Å². The van der Waals surface area contributed by atoms with Crippen molar-refractivity contribution >= 4 is 11.7 Å². The van der Waals surface area contributed by atoms with Crippen LogP contribution < -0.4 is 0 Å². The molecule has 4 aliphatic rings. The van der Waals surface area contributed by atoms with Gasteiger partial charge in [0.2, 0.25) is 0 Å². The Bertz CT molecular complexity index is 1280. The van der Waals surface area contributed by atoms with Gasteiger partial charge in [-0.25, -0.2) is 0 Å². The highest BCUT2D eigenvalue weighted by Gasteiger charge is 2.67. The molecule has 0 aromatic carbocycles. The van der Waals surface area contributed by atoms with Crippen molar-refractivity contribution in [1.29, 1.82) is 0 Å². The highest BCUT2D eigenvalue weighted by molar-refractivity contribution is 5.88. The summed E-state index contributed by atoms with van der Waals surface area (Å²) in [7, 11) is 5.34. The summed E-state index contributed by atoms with van der Waals surface area (Å²) in [4.78, 5) is 16.1. The number of likely N-dealkylation sites (N-methyl/N-ethyl adjacent to an activating group) is 1. The summed E-state index contributed by atoms with van der Waals surface area (Å²) in [5.41, 5.74) is -5.00. The molecule has 4 aliphatic heterocycles. The number of oxime groups is 1. The highest BCUT2D eigenvalue weighted by Crippen LogP contribution is 2.51. The Hall–Kier alpha value is -1.50. The van der Waals surface area contributed by atoms with Crippen molar-refractivity contribution in [2.24, 2.45) is 28.8 Å². The molecule has 4 saturated heterocycles. The molecule has 0 aromatic heterocycles. The maximum atomic E-state index is 14.2. The number of ether oxygens (including phenoxy) is 7. The first-order valence-corrected chi connectivity index (χ1v) is 19.2. The van der Waals surface area contributed by atoms with Crippen LogP contribution in [0.25, 0.3) is 0 Å². The molecule has 308 valence electrons. The van der Waals surface area contributed by atoms with Crippen molar-refractivity contribution in [3.8, 4) is 0 Å². The molecule has 15 nitrogen and oxygen atoms in total. The molecule has 4 heterocycles. The molecular formula is C38H68N2O13. The monoisotopic (exact) mass is 760 g/mol. The Labute approximate surface area is 315 Å². The summed E-state index contributed by atoms with van der Waals surface area (Å²) in [6, 6.07) is -0.308. The van der Waals surface area contributed by atoms with E-state index in [4.69, 9.17) is 33.2 Å². The SMILES string of the molecule is CC[C@H]1OC(=O)[C@H](C)[C@@H](O[C@H]2C[C@@](C)(OC)[C@]3(CO3)[C@@H](C)O2)[C@H](C)[C@@H](O[C@@H]2O[C@H](C)C[C@H](N(C)C)[C@H]2O)[C@](C)(O)C[C@@H](C)/C(=N/O)[C@H](C)[C@@H](O)[C@]1(C)O. The van der Waals surface area contributed by atoms with Gasteiger partial charge in [0, 0.05) is 37.3 Å². The van der Waals surface area contributed by atoms with E-state index in [1.165, 1.54) is 6.92 Å². The minimum atomic E-state index is -1.95. The minimum Gasteiger partial charge on any atom is -0.459 e. The normalized spacial score (nSPS) is 51.3. The summed E-state index contributed by atoms with van der Waals surface area (Å²) in [5, 5.41) is 61.1. The first-order valence-electron chi connectivity index (χ1n) is 19.2. The van der Waals surface area contributed by atoms with Crippen LogP contribution in [0.3, 0.4) is 0 Å². The van der Waals surface area contributed by atoms with E-state index in [-0.39, 0.29) is 37.1 Å². The number of nitrogens with zero attached hydrogens (tertiary/aromatic N) is 2. The highest BCUT2D eigenvalue weighted by atomic mass is 16.7. The molecule has 15 heteroatoms. The number of carbonyl (C=O) groups excluding carboxylic acids is 1. The second kappa shape index (κ2) is 16.5. The van der Waals surface area contributed by atoms with Gasteiger partial charge >= 0.3 is 5.97 Å². The van der Waals surface area contributed by atoms with Crippen LogP contribution in [0.2, 0.25) is 0 Å². The third-order valence-corrected chi connectivity index (χ3v) is 12.9. The number of hydrogen-bond acceptors (Lipinski definition) is 15. The summed E-state index contributed by atoms with van der Waals surface area (Å²) in [5.74, 6) is -4.10. The van der Waals surface area contributed by atoms with Crippen molar-refractivity contribution in [3.05, 3.63) is 0 Å². The van der Waals surface area contributed by atoms with E-state index < -0.39 is 101 Å². The molecule has 0 saturated carbocycles. The first-order chi connectivity index (χ1) is 24.5. The van der Waals surface area contributed by atoms with Gasteiger partial charge in [-0.3, -0.25) is 4.79 Å². The molecule has 4 rings (SSSR count). The lowest BCUT2D eigenvalue weighted by atomic mass is 9.73. The van der Waals surface area contributed by atoms with Crippen LogP contribution in [0.1, 0.15) is 94.9 Å². The van der Waals surface area contributed by atoms with E-state index in [1.807, 2.05) is 39.8 Å². The molecule has 4 fully saturated rings. The van der Waals surface area contributed by atoms with Crippen LogP contribution >= 0.6 is 0 Å². The van der Waals surface area contributed by atoms with Gasteiger partial charge in [-0.1, -0.05) is 32.9 Å². The predicted molar refractivity (Wildman–Crippen MR) is 193 cm³/mol. The number of epoxide rings is 1. The largest absolute Gasteiger partial charge is 0.459 e. The number of aliphatic hydroxyl groups excluding tert-OH is 2. The second-order valence-corrected chi connectivity index (χ2v) is 17.2. The average Bonchev–Trinajstić information content (AvgIpc) is 3.90. The fourth-order valence-electron chi connectivity index (χ4n) is 9.28. The number of hydrogen-bond donors (Lipinski definition) is 5. The third-order valence-electron chi connectivity index (χ3n) is 12.9. The maximum absolute atomic E-state index is 14.2. The van der Waals surface area contributed by atoms with E-state index in [0.717, 1.165) is 0 Å². The van der Waals surface area contributed by atoms with E-state index in [2.05, 4.69) is 5.16 Å². The predicted octanol–water partition coefficient (Wildman–Crippen LogP) is 2.45. The molecule has 0 aromatic rings. The number of carbonyl (C=O) groups is 1. The van der Waals surface area contributed by atoms with Gasteiger partial charge in [-0.2, -0.15) is 0 Å². The van der Waals surface area contributed by atoms with Crippen molar-refractivity contribution in [2.45, 2.75) is 179 Å². The van der Waals surface area contributed by atoms with Crippen molar-refractivity contribution in [2.75, 3.05) is 27.8 Å². The molecule has 0 bridgehead atoms. The molecule has 0 amide bonds. The van der Waals surface area contributed by atoms with Crippen LogP contribution in [0, 0.1) is 23.7 Å². The van der Waals surface area contributed by atoms with E-state index in [0.29, 0.717) is 13.0 Å². The number of esters is 1. The molecule has 5 N–H and O–H groups in total. The minimum absolute atomic E-state index is 0.0442. The lowest BCUT2D eigenvalue weighted by Gasteiger charge is -2.49. The van der Waals surface area contributed by atoms with Crippen LogP contribution in [0.4, 0.5) is 0 Å². The standard InChI is InChI=1S/C38H68N2O13/c1-14-26-37(10,45)31(42)21(4)28(39-46)19(2)16-35(8,44)32(53-34-29(41)25(40(11)12)15-20(3)49-34)22(5)30(23(6)33(43)51-26)52-27-17-36(9,47-13)38(18-48-38)24(7)50-27/h19-27,29-32,34,41-42,44-46H,14-18H2,1-13H3/b39-28-/t19-,20-,21+,22+,23-,24-,25+,26-,27+,29-,30+,31-,32-,34+,35-,36-,37-,38+/m1/s1. The average molecular weight is 761 g/mol. The maximum Gasteiger partial charge on any atom is 0.311 e. The molecule has 0 unspecified atom stereocenters. The van der Waals surface area contributed by atoms with Gasteiger partial charge in [0.1, 0.15) is 29.0 Å². The van der Waals surface area contributed by atoms with Gasteiger partial charge in [0.15, 0.2) is 12.6 Å². The summed E-state index contributed by atoms with van der Waals surface area (Å²) in [6.07, 6.45) is -7.78. The van der Waals surface area contributed by atoms with Crippen molar-refractivity contribution in [1.82, 2.24) is 4.90 Å². The summed E-state index contributed by atoms with van der Waals surface area (Å²) < 4.78 is 43.9. The van der Waals surface area contributed by atoms with Crippen molar-refractivity contribution < 1.29 is 63.6 Å². The second-order valence-electron chi connectivity index (χ2n) is 17.2. The zero-order chi connectivity index (χ0) is 40.0. The van der Waals surface area contributed by atoms with Gasteiger partial charge in [0.25, 0.3) is 0 Å². The fourth-order valence-corrected chi connectivity index (χ4v) is 9.28. The number of methoxy groups -OCH3 is 1. The number of cyclic esters (lactones) is 1. The number of aliphatic hydroxyl groups is 4. The zero-order valence-corrected chi connectivity index (χ0v) is 34.0. The van der Waals surface area contributed by atoms with Gasteiger partial charge < -0.3 is 63.7 Å². The van der Waals surface area contributed by atoms with E-state index in [1.54, 1.807) is 48.7 Å². The van der Waals surface area contributed by atoms with Gasteiger partial charge in [-0.05, 0) is 74.9 Å². The molecule has 18 atom stereocenters. The first kappa shape index (κ1) is 44.2. The Morgan fingerprint density at radius 3 is 2.11 bits per heavy atom. The molecule has 0 aliphatic carbocycles. The Morgan fingerprint density at radius 2 is 1.58 bits per heavy atom. The summed E-state index contributed by atoms with van der Waals surface area (Å²) in [6.45, 7) is 17.7. The lowest BCUT2D eigenvalue weighted by Crippen LogP contribution is -2.62. The third kappa shape index (κ3) is 8.60. The van der Waals surface area contributed by atoms with Crippen LogP contribution in [0.15, 0.2) is 5.16 Å². The molecule has 1 spiro atoms. The summed E-state index contributed by atoms with van der Waals surface area (Å²) >= 11 is 0. The van der Waals surface area contributed by atoms with Crippen LogP contribution in [-0.2, 0) is 38.0 Å². The molecule has 53 heavy (non-hydrogen) atoms. The Morgan fingerprint density at radius 1 is 0.962 bits per heavy atom.